The molecule has 144 valence electrons. The van der Waals surface area contributed by atoms with Crippen molar-refractivity contribution < 1.29 is 22.7 Å². The summed E-state index contributed by atoms with van der Waals surface area (Å²) >= 11 is 0. The van der Waals surface area contributed by atoms with Crippen molar-refractivity contribution in [3.63, 3.8) is 0 Å². The number of nitrogens with one attached hydrogen (secondary N) is 1. The lowest BCUT2D eigenvalue weighted by molar-refractivity contribution is 0.0962. The summed E-state index contributed by atoms with van der Waals surface area (Å²) in [5.41, 5.74) is 5.49. The molecule has 2 aromatic rings. The van der Waals surface area contributed by atoms with E-state index in [-0.39, 0.29) is 35.5 Å². The Balaban J connectivity index is 2.01. The van der Waals surface area contributed by atoms with Crippen LogP contribution >= 0.6 is 0 Å². The van der Waals surface area contributed by atoms with Gasteiger partial charge < -0.3 is 15.8 Å². The average Bonchev–Trinajstić information content (AvgIpc) is 2.66. The van der Waals surface area contributed by atoms with Gasteiger partial charge in [0.15, 0.2) is 0 Å². The van der Waals surface area contributed by atoms with Crippen LogP contribution in [0.2, 0.25) is 0 Å². The highest BCUT2D eigenvalue weighted by Crippen LogP contribution is 2.26. The van der Waals surface area contributed by atoms with Gasteiger partial charge in [0, 0.05) is 25.6 Å². The molecule has 0 saturated heterocycles. The van der Waals surface area contributed by atoms with Crippen LogP contribution in [0.25, 0.3) is 0 Å². The van der Waals surface area contributed by atoms with Gasteiger partial charge in [-0.1, -0.05) is 0 Å². The summed E-state index contributed by atoms with van der Waals surface area (Å²) in [5, 5.41) is 3.38. The Bertz CT molecular complexity index is 829. The molecule has 8 nitrogen and oxygen atoms in total. The molecule has 0 fully saturated rings. The lowest BCUT2D eigenvalue weighted by atomic mass is 10.2. The van der Waals surface area contributed by atoms with E-state index in [4.69, 9.17) is 16.3 Å². The van der Waals surface area contributed by atoms with Crippen LogP contribution in [-0.4, -0.2) is 29.5 Å². The number of benzene rings is 1. The summed E-state index contributed by atoms with van der Waals surface area (Å²) in [6, 6.07) is 3.01. The fourth-order valence-corrected chi connectivity index (χ4v) is 1.95. The molecule has 0 atom stereocenters. The van der Waals surface area contributed by atoms with Gasteiger partial charge in [0.25, 0.3) is 12.3 Å². The molecule has 0 spiro atoms. The van der Waals surface area contributed by atoms with Crippen molar-refractivity contribution in [1.29, 1.82) is 0 Å². The quantitative estimate of drug-likeness (QED) is 0.490. The predicted molar refractivity (Wildman–Crippen MR) is 91.2 cm³/mol. The number of hydrogen-bond donors (Lipinski definition) is 3. The molecular weight excluding hydrogens is 365 g/mol. The molecule has 0 unspecified atom stereocenters. The van der Waals surface area contributed by atoms with Crippen LogP contribution < -0.4 is 26.6 Å². The van der Waals surface area contributed by atoms with Gasteiger partial charge in [0.1, 0.15) is 12.4 Å². The summed E-state index contributed by atoms with van der Waals surface area (Å²) < 4.78 is 44.1. The van der Waals surface area contributed by atoms with Crippen molar-refractivity contribution in [2.45, 2.75) is 6.43 Å². The van der Waals surface area contributed by atoms with Gasteiger partial charge in [0.05, 0.1) is 22.5 Å². The maximum Gasteiger partial charge on any atom is 0.316 e. The number of hydrazine groups is 1. The Kier molecular flexibility index (Phi) is 6.55. The van der Waals surface area contributed by atoms with Crippen molar-refractivity contribution in [1.82, 2.24) is 15.3 Å². The maximum absolute atomic E-state index is 13.3. The summed E-state index contributed by atoms with van der Waals surface area (Å²) in [6.07, 6.45) is 0.806. The first-order chi connectivity index (χ1) is 12.8. The zero-order valence-corrected chi connectivity index (χ0v) is 14.2. The molecule has 1 aromatic carbocycles. The molecule has 0 bridgehead atoms. The van der Waals surface area contributed by atoms with Crippen LogP contribution in [0.1, 0.15) is 22.3 Å². The van der Waals surface area contributed by atoms with Gasteiger partial charge in [-0.25, -0.2) is 29.0 Å². The van der Waals surface area contributed by atoms with E-state index in [1.807, 2.05) is 0 Å². The van der Waals surface area contributed by atoms with E-state index in [9.17, 15) is 18.0 Å². The normalized spacial score (nSPS) is 11.4. The van der Waals surface area contributed by atoms with E-state index in [0.29, 0.717) is 0 Å². The van der Waals surface area contributed by atoms with E-state index < -0.39 is 17.8 Å². The minimum absolute atomic E-state index is 0.0238. The molecule has 1 aromatic heterocycles. The monoisotopic (exact) mass is 382 g/mol. The molecule has 0 aliphatic rings. The number of aromatic nitrogens is 2. The second-order valence-electron chi connectivity index (χ2n) is 5.24. The standard InChI is InChI=1S/C16H17F3N6O2/c1-22-15(26)9-5-23-16(24-6-9)27-8-10(20)7-25(21)11-2-3-13(17)12(4-11)14(18)19/h2-7,14H,8,20-21H2,1H3,(H,22,26)/b10-7-. The van der Waals surface area contributed by atoms with Gasteiger partial charge in [-0.05, 0) is 18.2 Å². The number of nitrogens with two attached hydrogens (primary N) is 2. The third-order valence-electron chi connectivity index (χ3n) is 3.30. The highest BCUT2D eigenvalue weighted by atomic mass is 19.3. The second-order valence-corrected chi connectivity index (χ2v) is 5.24. The van der Waals surface area contributed by atoms with Gasteiger partial charge in [-0.15, -0.1) is 0 Å². The molecule has 2 rings (SSSR count). The van der Waals surface area contributed by atoms with Gasteiger partial charge >= 0.3 is 6.01 Å². The summed E-state index contributed by atoms with van der Waals surface area (Å²) in [6.45, 7) is -0.157. The number of ether oxygens (including phenoxy) is 1. The molecule has 5 N–H and O–H groups in total. The van der Waals surface area contributed by atoms with E-state index in [2.05, 4.69) is 15.3 Å². The maximum atomic E-state index is 13.3. The number of rotatable bonds is 7. The Morgan fingerprint density at radius 3 is 2.63 bits per heavy atom. The second kappa shape index (κ2) is 8.85. The van der Waals surface area contributed by atoms with Crippen LogP contribution in [-0.2, 0) is 0 Å². The Morgan fingerprint density at radius 1 is 1.37 bits per heavy atom. The third-order valence-corrected chi connectivity index (χ3v) is 3.30. The molecule has 0 radical (unpaired) electrons. The summed E-state index contributed by atoms with van der Waals surface area (Å²) in [4.78, 5) is 19.1. The van der Waals surface area contributed by atoms with Crippen LogP contribution in [0.4, 0.5) is 18.9 Å². The fourth-order valence-electron chi connectivity index (χ4n) is 1.95. The highest BCUT2D eigenvalue weighted by molar-refractivity contribution is 5.93. The zero-order valence-electron chi connectivity index (χ0n) is 14.2. The minimum Gasteiger partial charge on any atom is -0.457 e. The van der Waals surface area contributed by atoms with Crippen molar-refractivity contribution in [2.24, 2.45) is 11.6 Å². The largest absolute Gasteiger partial charge is 0.457 e. The molecule has 0 aliphatic heterocycles. The number of nitrogens with zero attached hydrogens (tertiary/aromatic N) is 3. The number of carbonyl (C=O) groups is 1. The van der Waals surface area contributed by atoms with Crippen molar-refractivity contribution in [3.05, 3.63) is 59.4 Å². The first-order valence-corrected chi connectivity index (χ1v) is 7.56. The number of halogens is 3. The number of anilines is 1. The molecule has 27 heavy (non-hydrogen) atoms. The van der Waals surface area contributed by atoms with E-state index in [0.717, 1.165) is 17.1 Å². The number of amides is 1. The van der Waals surface area contributed by atoms with Crippen molar-refractivity contribution in [2.75, 3.05) is 18.7 Å². The number of carbonyl (C=O) groups excluding carboxylic acids is 1. The van der Waals surface area contributed by atoms with Crippen LogP contribution in [0.5, 0.6) is 6.01 Å². The van der Waals surface area contributed by atoms with E-state index >= 15 is 0 Å². The summed E-state index contributed by atoms with van der Waals surface area (Å²) in [5.74, 6) is 4.36. The SMILES string of the molecule is CNC(=O)c1cnc(OC/C(N)=C/N(N)c2ccc(F)c(C(F)F)c2)nc1. The molecule has 0 saturated carbocycles. The molecule has 0 aliphatic carbocycles. The van der Waals surface area contributed by atoms with Gasteiger partial charge in [-0.3, -0.25) is 9.80 Å². The van der Waals surface area contributed by atoms with Gasteiger partial charge in [-0.2, -0.15) is 0 Å². The Morgan fingerprint density at radius 2 is 2.04 bits per heavy atom. The molecule has 11 heteroatoms. The first kappa shape index (κ1) is 20.0. The Labute approximate surface area is 152 Å². The van der Waals surface area contributed by atoms with E-state index in [1.54, 1.807) is 0 Å². The molecule has 1 heterocycles. The predicted octanol–water partition coefficient (Wildman–Crippen LogP) is 1.47. The van der Waals surface area contributed by atoms with Crippen LogP contribution in [0.3, 0.4) is 0 Å². The fraction of sp³-hybridized carbons (Fsp3) is 0.188. The lowest BCUT2D eigenvalue weighted by Crippen LogP contribution is -2.27. The van der Waals surface area contributed by atoms with Crippen molar-refractivity contribution >= 4 is 11.6 Å². The van der Waals surface area contributed by atoms with Gasteiger partial charge in [0.2, 0.25) is 0 Å². The highest BCUT2D eigenvalue weighted by Gasteiger charge is 2.15. The smallest absolute Gasteiger partial charge is 0.316 e. The number of alkyl halides is 2. The minimum atomic E-state index is -2.97. The third kappa shape index (κ3) is 5.31. The van der Waals surface area contributed by atoms with E-state index in [1.165, 1.54) is 31.7 Å². The Hall–Kier alpha value is -3.34. The van der Waals surface area contributed by atoms with Crippen molar-refractivity contribution in [3.8, 4) is 6.01 Å². The average molecular weight is 382 g/mol. The number of hydrogen-bond acceptors (Lipinski definition) is 7. The lowest BCUT2D eigenvalue weighted by Gasteiger charge is -2.16. The zero-order chi connectivity index (χ0) is 20.0. The van der Waals surface area contributed by atoms with Crippen LogP contribution in [0, 0.1) is 5.82 Å². The first-order valence-electron chi connectivity index (χ1n) is 7.56. The van der Waals surface area contributed by atoms with Crippen LogP contribution in [0.15, 0.2) is 42.5 Å². The molecular formula is C16H17F3N6O2. The summed E-state index contributed by atoms with van der Waals surface area (Å²) in [7, 11) is 1.47. The topological polar surface area (TPSA) is 119 Å². The molecule has 1 amide bonds.